The lowest BCUT2D eigenvalue weighted by molar-refractivity contribution is -0.173. The average Bonchev–Trinajstić information content (AvgIpc) is 2.34. The number of aryl methyl sites for hydroxylation is 1. The highest BCUT2D eigenvalue weighted by Crippen LogP contribution is 2.29. The lowest BCUT2D eigenvalue weighted by atomic mass is 9.99. The Morgan fingerprint density at radius 1 is 1.22 bits per heavy atom. The zero-order valence-corrected chi connectivity index (χ0v) is 10.3. The van der Waals surface area contributed by atoms with Crippen LogP contribution in [0.1, 0.15) is 18.4 Å². The molecule has 0 aromatic heterocycles. The lowest BCUT2D eigenvalue weighted by Gasteiger charge is -2.18. The molecule has 1 unspecified atom stereocenters. The molecule has 2 nitrogen and oxygen atoms in total. The van der Waals surface area contributed by atoms with Gasteiger partial charge in [0.1, 0.15) is 5.75 Å². The molecule has 1 atom stereocenters. The zero-order chi connectivity index (χ0) is 13.6. The number of hydrogen-bond acceptors (Lipinski definition) is 2. The van der Waals surface area contributed by atoms with Gasteiger partial charge in [0.05, 0.1) is 13.0 Å². The van der Waals surface area contributed by atoms with Gasteiger partial charge in [-0.15, -0.1) is 0 Å². The van der Waals surface area contributed by atoms with Crippen molar-refractivity contribution in [3.8, 4) is 5.75 Å². The molecule has 0 aliphatic rings. The van der Waals surface area contributed by atoms with E-state index in [9.17, 15) is 13.2 Å². The van der Waals surface area contributed by atoms with E-state index in [1.54, 1.807) is 19.2 Å². The molecule has 0 amide bonds. The van der Waals surface area contributed by atoms with Gasteiger partial charge in [0.15, 0.2) is 0 Å². The van der Waals surface area contributed by atoms with Gasteiger partial charge in [-0.2, -0.15) is 13.2 Å². The Bertz CT molecular complexity index is 348. The average molecular weight is 261 g/mol. The highest BCUT2D eigenvalue weighted by molar-refractivity contribution is 5.27. The summed E-state index contributed by atoms with van der Waals surface area (Å²) in [5, 5.41) is 0. The Hall–Kier alpha value is -1.23. The van der Waals surface area contributed by atoms with Crippen molar-refractivity contribution in [3.05, 3.63) is 29.8 Å². The van der Waals surface area contributed by atoms with E-state index in [2.05, 4.69) is 0 Å². The molecule has 2 N–H and O–H groups in total. The number of methoxy groups -OCH3 is 1. The third-order valence-electron chi connectivity index (χ3n) is 2.92. The normalized spacial score (nSPS) is 13.4. The minimum Gasteiger partial charge on any atom is -0.497 e. The molecule has 0 heterocycles. The molecule has 0 spiro atoms. The Morgan fingerprint density at radius 2 is 1.83 bits per heavy atom. The fourth-order valence-electron chi connectivity index (χ4n) is 1.76. The molecule has 0 radical (unpaired) electrons. The summed E-state index contributed by atoms with van der Waals surface area (Å²) in [7, 11) is 1.57. The Balaban J connectivity index is 2.40. The van der Waals surface area contributed by atoms with Crippen LogP contribution in [0.3, 0.4) is 0 Å². The highest BCUT2D eigenvalue weighted by Gasteiger charge is 2.37. The van der Waals surface area contributed by atoms with Crippen LogP contribution >= 0.6 is 0 Å². The van der Waals surface area contributed by atoms with Gasteiger partial charge >= 0.3 is 6.18 Å². The first-order chi connectivity index (χ1) is 8.47. The third-order valence-corrected chi connectivity index (χ3v) is 2.92. The largest absolute Gasteiger partial charge is 0.497 e. The summed E-state index contributed by atoms with van der Waals surface area (Å²) in [4.78, 5) is 0. The Morgan fingerprint density at radius 3 is 2.28 bits per heavy atom. The molecule has 1 rings (SSSR count). The van der Waals surface area contributed by atoms with Crippen molar-refractivity contribution in [1.82, 2.24) is 0 Å². The fraction of sp³-hybridized carbons (Fsp3) is 0.538. The van der Waals surface area contributed by atoms with Gasteiger partial charge in [-0.3, -0.25) is 0 Å². The Labute approximate surface area is 105 Å². The van der Waals surface area contributed by atoms with E-state index in [0.29, 0.717) is 12.8 Å². The number of rotatable bonds is 6. The van der Waals surface area contributed by atoms with Gasteiger partial charge in [0, 0.05) is 6.54 Å². The summed E-state index contributed by atoms with van der Waals surface area (Å²) in [6.45, 7) is -0.341. The topological polar surface area (TPSA) is 35.2 Å². The van der Waals surface area contributed by atoms with Crippen LogP contribution in [0.25, 0.3) is 0 Å². The first-order valence-corrected chi connectivity index (χ1v) is 5.87. The van der Waals surface area contributed by atoms with Crippen LogP contribution in [-0.2, 0) is 6.42 Å². The minimum atomic E-state index is -4.19. The van der Waals surface area contributed by atoms with Crippen molar-refractivity contribution >= 4 is 0 Å². The molecule has 0 aliphatic heterocycles. The number of halogens is 3. The van der Waals surface area contributed by atoms with Crippen molar-refractivity contribution in [2.24, 2.45) is 11.7 Å². The first kappa shape index (κ1) is 14.8. The second-order valence-electron chi connectivity index (χ2n) is 4.21. The van der Waals surface area contributed by atoms with Gasteiger partial charge in [0.2, 0.25) is 0 Å². The van der Waals surface area contributed by atoms with Crippen LogP contribution < -0.4 is 10.5 Å². The summed E-state index contributed by atoms with van der Waals surface area (Å²) in [5.41, 5.74) is 6.15. The highest BCUT2D eigenvalue weighted by atomic mass is 19.4. The predicted molar refractivity (Wildman–Crippen MR) is 64.5 cm³/mol. The summed E-state index contributed by atoms with van der Waals surface area (Å²) >= 11 is 0. The molecular weight excluding hydrogens is 243 g/mol. The quantitative estimate of drug-likeness (QED) is 0.853. The predicted octanol–water partition coefficient (Wildman–Crippen LogP) is 3.16. The fourth-order valence-corrected chi connectivity index (χ4v) is 1.76. The van der Waals surface area contributed by atoms with Crippen molar-refractivity contribution in [1.29, 1.82) is 0 Å². The van der Waals surface area contributed by atoms with E-state index in [4.69, 9.17) is 10.5 Å². The van der Waals surface area contributed by atoms with Crippen molar-refractivity contribution < 1.29 is 17.9 Å². The van der Waals surface area contributed by atoms with Crippen LogP contribution in [0, 0.1) is 5.92 Å². The van der Waals surface area contributed by atoms with E-state index in [0.717, 1.165) is 11.3 Å². The second kappa shape index (κ2) is 6.64. The molecule has 18 heavy (non-hydrogen) atoms. The minimum absolute atomic E-state index is 0.0754. The maximum atomic E-state index is 12.4. The smallest absolute Gasteiger partial charge is 0.393 e. The van der Waals surface area contributed by atoms with Gasteiger partial charge in [-0.25, -0.2) is 0 Å². The summed E-state index contributed by atoms with van der Waals surface area (Å²) in [5.74, 6) is -0.648. The van der Waals surface area contributed by atoms with E-state index >= 15 is 0 Å². The van der Waals surface area contributed by atoms with E-state index in [1.807, 2.05) is 12.1 Å². The van der Waals surface area contributed by atoms with Crippen molar-refractivity contribution in [3.63, 3.8) is 0 Å². The number of benzene rings is 1. The molecule has 0 fully saturated rings. The molecule has 102 valence electrons. The Kier molecular flexibility index (Phi) is 5.47. The van der Waals surface area contributed by atoms with Crippen molar-refractivity contribution in [2.45, 2.75) is 25.4 Å². The molecule has 0 saturated heterocycles. The van der Waals surface area contributed by atoms with Gasteiger partial charge in [0.25, 0.3) is 0 Å². The van der Waals surface area contributed by atoms with Crippen LogP contribution in [0.4, 0.5) is 13.2 Å². The van der Waals surface area contributed by atoms with Crippen LogP contribution in [0.5, 0.6) is 5.75 Å². The standard InChI is InChI=1S/C13H18F3NO/c1-18-12-7-5-10(6-8-12)3-2-4-11(9-17)13(14,15)16/h5-8,11H,2-4,9,17H2,1H3. The van der Waals surface area contributed by atoms with E-state index in [-0.39, 0.29) is 13.0 Å². The monoisotopic (exact) mass is 261 g/mol. The van der Waals surface area contributed by atoms with Crippen molar-refractivity contribution in [2.75, 3.05) is 13.7 Å². The number of ether oxygens (including phenoxy) is 1. The number of alkyl halides is 3. The summed E-state index contributed by atoms with van der Waals surface area (Å²) in [6.07, 6.45) is -3.01. The lowest BCUT2D eigenvalue weighted by Crippen LogP contribution is -2.30. The first-order valence-electron chi connectivity index (χ1n) is 5.87. The second-order valence-corrected chi connectivity index (χ2v) is 4.21. The van der Waals surface area contributed by atoms with Crippen LogP contribution in [-0.4, -0.2) is 19.8 Å². The molecule has 1 aromatic carbocycles. The summed E-state index contributed by atoms with van der Waals surface area (Å²) < 4.78 is 42.4. The van der Waals surface area contributed by atoms with Gasteiger partial charge < -0.3 is 10.5 Å². The summed E-state index contributed by atoms with van der Waals surface area (Å²) in [6, 6.07) is 7.34. The van der Waals surface area contributed by atoms with Crippen LogP contribution in [0.15, 0.2) is 24.3 Å². The van der Waals surface area contributed by atoms with E-state index < -0.39 is 12.1 Å². The van der Waals surface area contributed by atoms with Gasteiger partial charge in [-0.05, 0) is 37.0 Å². The van der Waals surface area contributed by atoms with Gasteiger partial charge in [-0.1, -0.05) is 12.1 Å². The van der Waals surface area contributed by atoms with E-state index in [1.165, 1.54) is 0 Å². The van der Waals surface area contributed by atoms with Crippen LogP contribution in [0.2, 0.25) is 0 Å². The molecule has 0 bridgehead atoms. The molecular formula is C13H18F3NO. The maximum Gasteiger partial charge on any atom is 0.393 e. The molecule has 1 aromatic rings. The third kappa shape index (κ3) is 4.56. The SMILES string of the molecule is COc1ccc(CCCC(CN)C(F)(F)F)cc1. The maximum absolute atomic E-state index is 12.4. The zero-order valence-electron chi connectivity index (χ0n) is 10.3. The molecule has 0 saturated carbocycles. The number of hydrogen-bond donors (Lipinski definition) is 1. The molecule has 5 heteroatoms. The molecule has 0 aliphatic carbocycles. The number of nitrogens with two attached hydrogens (primary N) is 1.